The third-order valence-corrected chi connectivity index (χ3v) is 2.47. The van der Waals surface area contributed by atoms with Gasteiger partial charge in [-0.25, -0.2) is 8.42 Å². The lowest BCUT2D eigenvalue weighted by atomic mass is 10.3. The molecule has 0 fully saturated rings. The van der Waals surface area contributed by atoms with Gasteiger partial charge in [-0.2, -0.15) is 5.11 Å². The van der Waals surface area contributed by atoms with Gasteiger partial charge in [0.1, 0.15) is 5.69 Å². The second-order valence-electron chi connectivity index (χ2n) is 3.49. The van der Waals surface area contributed by atoms with Gasteiger partial charge in [0.2, 0.25) is 0 Å². The molecule has 0 N–H and O–H groups in total. The Balaban J connectivity index is 2.28. The molecule has 0 spiro atoms. The fourth-order valence-corrected chi connectivity index (χ4v) is 1.69. The molecule has 2 aromatic carbocycles. The molecule has 0 atom stereocenters. The Morgan fingerprint density at radius 1 is 0.895 bits per heavy atom. The Kier molecular flexibility index (Phi) is 3.88. The molecule has 0 heterocycles. The van der Waals surface area contributed by atoms with Crippen LogP contribution in [0.25, 0.3) is 0 Å². The van der Waals surface area contributed by atoms with E-state index in [1.165, 1.54) is 18.2 Å². The highest BCUT2D eigenvalue weighted by atomic mass is 32.3. The van der Waals surface area contributed by atoms with E-state index in [2.05, 4.69) is 14.4 Å². The summed E-state index contributed by atoms with van der Waals surface area (Å²) in [4.78, 5) is 0. The molecule has 98 valence electrons. The molecule has 0 aliphatic rings. The Morgan fingerprint density at radius 2 is 1.53 bits per heavy atom. The second-order valence-corrected chi connectivity index (χ2v) is 4.48. The lowest BCUT2D eigenvalue weighted by Gasteiger charge is -2.09. The van der Waals surface area contributed by atoms with Gasteiger partial charge in [0, 0.05) is 0 Å². The topological polar surface area (TPSA) is 91.2 Å². The summed E-state index contributed by atoms with van der Waals surface area (Å²) in [6, 6.07) is 14.9. The molecule has 0 saturated carbocycles. The molecule has 0 amide bonds. The Morgan fingerprint density at radius 3 is 2.21 bits per heavy atom. The fourth-order valence-electron chi connectivity index (χ4n) is 1.33. The number of hydrogen-bond donors (Lipinski definition) is 0. The van der Waals surface area contributed by atoms with Crippen LogP contribution >= 0.6 is 0 Å². The van der Waals surface area contributed by atoms with Gasteiger partial charge >= 0.3 is 0 Å². The molecule has 0 aliphatic heterocycles. The van der Waals surface area contributed by atoms with Gasteiger partial charge < -0.3 is 8.74 Å². The fraction of sp³-hybridized carbons (Fsp3) is 0. The monoisotopic (exact) mass is 277 g/mol. The zero-order valence-corrected chi connectivity index (χ0v) is 10.4. The largest absolute Gasteiger partial charge is 0.716 e. The van der Waals surface area contributed by atoms with Crippen LogP contribution in [0.3, 0.4) is 0 Å². The van der Waals surface area contributed by atoms with Crippen molar-refractivity contribution >= 4 is 21.8 Å². The average Bonchev–Trinajstić information content (AvgIpc) is 2.37. The summed E-state index contributed by atoms with van der Waals surface area (Å²) < 4.78 is 36.0. The highest BCUT2D eigenvalue weighted by Crippen LogP contribution is 2.29. The van der Waals surface area contributed by atoms with Crippen molar-refractivity contribution in [2.24, 2.45) is 10.2 Å². The van der Waals surface area contributed by atoms with Crippen LogP contribution in [-0.2, 0) is 10.4 Å². The minimum Gasteiger partial charge on any atom is -0.716 e. The van der Waals surface area contributed by atoms with Crippen LogP contribution in [-0.4, -0.2) is 13.0 Å². The van der Waals surface area contributed by atoms with Gasteiger partial charge in [0.05, 0.1) is 5.69 Å². The van der Waals surface area contributed by atoms with E-state index in [0.29, 0.717) is 5.69 Å². The maximum Gasteiger partial charge on any atom is 0.262 e. The van der Waals surface area contributed by atoms with E-state index in [-0.39, 0.29) is 11.4 Å². The van der Waals surface area contributed by atoms with E-state index in [9.17, 15) is 13.0 Å². The molecule has 0 radical (unpaired) electrons. The molecular weight excluding hydrogens is 268 g/mol. The third kappa shape index (κ3) is 4.16. The van der Waals surface area contributed by atoms with E-state index < -0.39 is 10.4 Å². The van der Waals surface area contributed by atoms with Crippen molar-refractivity contribution in [2.75, 3.05) is 0 Å². The van der Waals surface area contributed by atoms with Crippen molar-refractivity contribution in [3.05, 3.63) is 54.6 Å². The molecule has 7 heteroatoms. The van der Waals surface area contributed by atoms with Crippen LogP contribution in [0.5, 0.6) is 5.75 Å². The highest BCUT2D eigenvalue weighted by Gasteiger charge is 2.05. The molecule has 19 heavy (non-hydrogen) atoms. The Hall–Kier alpha value is -2.25. The first-order valence-corrected chi connectivity index (χ1v) is 6.59. The maximum absolute atomic E-state index is 10.6. The quantitative estimate of drug-likeness (QED) is 0.488. The maximum atomic E-state index is 10.6. The summed E-state index contributed by atoms with van der Waals surface area (Å²) in [5, 5.41) is 7.77. The summed E-state index contributed by atoms with van der Waals surface area (Å²) in [7, 11) is -4.83. The van der Waals surface area contributed by atoms with Crippen LogP contribution < -0.4 is 4.18 Å². The molecule has 0 bridgehead atoms. The predicted octanol–water partition coefficient (Wildman–Crippen LogP) is 2.94. The third-order valence-electron chi connectivity index (χ3n) is 2.09. The zero-order chi connectivity index (χ0) is 13.7. The van der Waals surface area contributed by atoms with Crippen LogP contribution in [0, 0.1) is 0 Å². The summed E-state index contributed by atoms with van der Waals surface area (Å²) in [5.74, 6) is -0.155. The number of rotatable bonds is 4. The molecule has 2 rings (SSSR count). The zero-order valence-electron chi connectivity index (χ0n) is 9.63. The minimum atomic E-state index is -4.83. The Bertz CT molecular complexity index is 684. The van der Waals surface area contributed by atoms with Gasteiger partial charge in [-0.1, -0.05) is 30.3 Å². The van der Waals surface area contributed by atoms with Crippen molar-refractivity contribution in [1.29, 1.82) is 0 Å². The van der Waals surface area contributed by atoms with Crippen molar-refractivity contribution in [2.45, 2.75) is 0 Å². The van der Waals surface area contributed by atoms with Crippen LogP contribution in [0.2, 0.25) is 0 Å². The van der Waals surface area contributed by atoms with Gasteiger partial charge in [-0.15, -0.1) is 5.11 Å². The molecular formula is C12H9N2O4S-. The first-order valence-electron chi connectivity index (χ1n) is 5.26. The first-order chi connectivity index (χ1) is 9.04. The lowest BCUT2D eigenvalue weighted by molar-refractivity contribution is 0.372. The van der Waals surface area contributed by atoms with Crippen molar-refractivity contribution < 1.29 is 17.2 Å². The molecule has 6 nitrogen and oxygen atoms in total. The van der Waals surface area contributed by atoms with E-state index in [0.717, 1.165) is 0 Å². The molecule has 0 aliphatic carbocycles. The number of hydrogen-bond acceptors (Lipinski definition) is 6. The van der Waals surface area contributed by atoms with Crippen LogP contribution in [0.4, 0.5) is 11.4 Å². The Labute approximate surface area is 110 Å². The summed E-state index contributed by atoms with van der Waals surface area (Å²) in [6.07, 6.45) is 0. The van der Waals surface area contributed by atoms with Gasteiger partial charge in [-0.3, -0.25) is 0 Å². The van der Waals surface area contributed by atoms with Crippen molar-refractivity contribution in [1.82, 2.24) is 0 Å². The number of nitrogens with zero attached hydrogens (tertiary/aromatic N) is 2. The van der Waals surface area contributed by atoms with Gasteiger partial charge in [0.15, 0.2) is 5.75 Å². The summed E-state index contributed by atoms with van der Waals surface area (Å²) >= 11 is 0. The van der Waals surface area contributed by atoms with E-state index in [4.69, 9.17) is 0 Å². The molecule has 0 saturated heterocycles. The lowest BCUT2D eigenvalue weighted by Crippen LogP contribution is -2.06. The normalized spacial score (nSPS) is 11.6. The first kappa shape index (κ1) is 13.2. The van der Waals surface area contributed by atoms with E-state index >= 15 is 0 Å². The van der Waals surface area contributed by atoms with Crippen LogP contribution in [0.1, 0.15) is 0 Å². The standard InChI is InChI=1S/C12H10N2O4S/c15-19(16,17)18-12-9-5-4-8-11(12)14-13-10-6-2-1-3-7-10/h1-9H,(H,15,16,17)/p-1. The molecule has 0 aromatic heterocycles. The molecule has 2 aromatic rings. The van der Waals surface area contributed by atoms with Gasteiger partial charge in [-0.05, 0) is 24.3 Å². The second kappa shape index (κ2) is 5.59. The highest BCUT2D eigenvalue weighted by molar-refractivity contribution is 7.81. The van der Waals surface area contributed by atoms with E-state index in [1.54, 1.807) is 30.3 Å². The summed E-state index contributed by atoms with van der Waals surface area (Å²) in [5.41, 5.74) is 0.757. The number of benzene rings is 2. The average molecular weight is 277 g/mol. The number of azo groups is 1. The number of para-hydroxylation sites is 1. The van der Waals surface area contributed by atoms with Crippen LogP contribution in [0.15, 0.2) is 64.8 Å². The van der Waals surface area contributed by atoms with Crippen molar-refractivity contribution in [3.8, 4) is 5.75 Å². The predicted molar refractivity (Wildman–Crippen MR) is 67.4 cm³/mol. The summed E-state index contributed by atoms with van der Waals surface area (Å²) in [6.45, 7) is 0. The smallest absolute Gasteiger partial charge is 0.262 e. The van der Waals surface area contributed by atoms with Gasteiger partial charge in [0.25, 0.3) is 10.4 Å². The molecule has 0 unspecified atom stereocenters. The van der Waals surface area contributed by atoms with Crippen molar-refractivity contribution in [3.63, 3.8) is 0 Å². The SMILES string of the molecule is O=S(=O)([O-])Oc1ccccc1N=Nc1ccccc1. The van der Waals surface area contributed by atoms with E-state index in [1.807, 2.05) is 6.07 Å². The minimum absolute atomic E-state index is 0.155.